The SMILES string of the molecule is Br.N=C1c2ccccc2CN1c1ccccc1F. The monoisotopic (exact) mass is 306 g/mol. The number of fused-ring (bicyclic) bond motifs is 1. The number of hydrogen-bond acceptors (Lipinski definition) is 1. The Morgan fingerprint density at radius 1 is 1.00 bits per heavy atom. The highest BCUT2D eigenvalue weighted by Gasteiger charge is 2.26. The molecule has 0 unspecified atom stereocenters. The van der Waals surface area contributed by atoms with Gasteiger partial charge in [-0.15, -0.1) is 17.0 Å². The molecule has 0 spiro atoms. The molecule has 1 aliphatic rings. The van der Waals surface area contributed by atoms with E-state index in [4.69, 9.17) is 5.41 Å². The van der Waals surface area contributed by atoms with Crippen molar-refractivity contribution < 1.29 is 4.39 Å². The van der Waals surface area contributed by atoms with Gasteiger partial charge in [0.1, 0.15) is 11.7 Å². The Labute approximate surface area is 115 Å². The van der Waals surface area contributed by atoms with Crippen LogP contribution in [0.25, 0.3) is 0 Å². The summed E-state index contributed by atoms with van der Waals surface area (Å²) in [6, 6.07) is 14.3. The Kier molecular flexibility index (Phi) is 3.48. The lowest BCUT2D eigenvalue weighted by Gasteiger charge is -2.18. The fourth-order valence-corrected chi connectivity index (χ4v) is 2.16. The largest absolute Gasteiger partial charge is 0.319 e. The summed E-state index contributed by atoms with van der Waals surface area (Å²) in [6.45, 7) is 0.565. The average Bonchev–Trinajstić information content (AvgIpc) is 2.68. The van der Waals surface area contributed by atoms with Crippen LogP contribution in [0.3, 0.4) is 0 Å². The van der Waals surface area contributed by atoms with Crippen molar-refractivity contribution in [3.05, 3.63) is 65.5 Å². The Morgan fingerprint density at radius 3 is 2.39 bits per heavy atom. The minimum absolute atomic E-state index is 0. The molecule has 1 heterocycles. The van der Waals surface area contributed by atoms with Gasteiger partial charge in [-0.1, -0.05) is 36.4 Å². The van der Waals surface area contributed by atoms with E-state index in [9.17, 15) is 4.39 Å². The first-order valence-corrected chi connectivity index (χ1v) is 5.46. The van der Waals surface area contributed by atoms with Gasteiger partial charge < -0.3 is 4.90 Å². The van der Waals surface area contributed by atoms with Gasteiger partial charge in [0.05, 0.1) is 12.2 Å². The second kappa shape index (κ2) is 4.90. The van der Waals surface area contributed by atoms with Gasteiger partial charge in [0.2, 0.25) is 0 Å². The van der Waals surface area contributed by atoms with Gasteiger partial charge in [-0.05, 0) is 17.7 Å². The highest BCUT2D eigenvalue weighted by atomic mass is 79.9. The molecule has 2 aromatic carbocycles. The maximum absolute atomic E-state index is 13.7. The lowest BCUT2D eigenvalue weighted by molar-refractivity contribution is 0.626. The molecule has 1 N–H and O–H groups in total. The number of benzene rings is 2. The molecule has 0 aliphatic carbocycles. The van der Waals surface area contributed by atoms with E-state index < -0.39 is 0 Å². The maximum Gasteiger partial charge on any atom is 0.146 e. The van der Waals surface area contributed by atoms with E-state index in [-0.39, 0.29) is 22.8 Å². The molecule has 0 saturated heterocycles. The lowest BCUT2D eigenvalue weighted by atomic mass is 10.1. The fourth-order valence-electron chi connectivity index (χ4n) is 2.16. The van der Waals surface area contributed by atoms with Crippen molar-refractivity contribution in [1.29, 1.82) is 5.41 Å². The quantitative estimate of drug-likeness (QED) is 0.853. The molecular formula is C14H12BrFN2. The van der Waals surface area contributed by atoms with Crippen LogP contribution in [0.2, 0.25) is 0 Å². The van der Waals surface area contributed by atoms with E-state index >= 15 is 0 Å². The fraction of sp³-hybridized carbons (Fsp3) is 0.0714. The second-order valence-electron chi connectivity index (χ2n) is 4.04. The predicted molar refractivity (Wildman–Crippen MR) is 76.2 cm³/mol. The number of nitrogens with one attached hydrogen (secondary N) is 1. The van der Waals surface area contributed by atoms with Gasteiger partial charge in [0, 0.05) is 5.56 Å². The van der Waals surface area contributed by atoms with Crippen molar-refractivity contribution in [3.8, 4) is 0 Å². The van der Waals surface area contributed by atoms with E-state index in [2.05, 4.69) is 0 Å². The van der Waals surface area contributed by atoms with Gasteiger partial charge in [-0.2, -0.15) is 0 Å². The van der Waals surface area contributed by atoms with Crippen LogP contribution in [-0.4, -0.2) is 5.84 Å². The summed E-state index contributed by atoms with van der Waals surface area (Å²) in [4.78, 5) is 1.69. The number of para-hydroxylation sites is 1. The summed E-state index contributed by atoms with van der Waals surface area (Å²) in [5.74, 6) is 0.0794. The highest BCUT2D eigenvalue weighted by molar-refractivity contribution is 8.93. The molecule has 0 atom stereocenters. The molecule has 0 radical (unpaired) electrons. The first-order valence-electron chi connectivity index (χ1n) is 5.46. The van der Waals surface area contributed by atoms with Crippen LogP contribution in [0.1, 0.15) is 11.1 Å². The number of halogens is 2. The van der Waals surface area contributed by atoms with E-state index in [1.54, 1.807) is 23.1 Å². The van der Waals surface area contributed by atoms with E-state index in [1.165, 1.54) is 6.07 Å². The number of hydrogen-bond donors (Lipinski definition) is 1. The van der Waals surface area contributed by atoms with Crippen LogP contribution < -0.4 is 4.90 Å². The number of nitrogens with zero attached hydrogens (tertiary/aromatic N) is 1. The standard InChI is InChI=1S/C14H11FN2.BrH/c15-12-7-3-4-8-13(12)17-9-10-5-1-2-6-11(10)14(17)16;/h1-8,16H,9H2;1H. The topological polar surface area (TPSA) is 27.1 Å². The van der Waals surface area contributed by atoms with Crippen LogP contribution in [0.4, 0.5) is 10.1 Å². The van der Waals surface area contributed by atoms with Crippen molar-refractivity contribution >= 4 is 28.5 Å². The van der Waals surface area contributed by atoms with E-state index in [0.29, 0.717) is 18.1 Å². The third-order valence-corrected chi connectivity index (χ3v) is 3.01. The normalized spacial score (nSPS) is 13.2. The van der Waals surface area contributed by atoms with Crippen molar-refractivity contribution in [2.45, 2.75) is 6.54 Å². The number of anilines is 1. The van der Waals surface area contributed by atoms with Gasteiger partial charge >= 0.3 is 0 Å². The van der Waals surface area contributed by atoms with Crippen molar-refractivity contribution in [1.82, 2.24) is 0 Å². The van der Waals surface area contributed by atoms with Crippen molar-refractivity contribution in [2.75, 3.05) is 4.90 Å². The van der Waals surface area contributed by atoms with Gasteiger partial charge in [0.15, 0.2) is 0 Å². The maximum atomic E-state index is 13.7. The molecule has 18 heavy (non-hydrogen) atoms. The Hall–Kier alpha value is -1.68. The molecule has 4 heteroatoms. The molecule has 0 saturated carbocycles. The summed E-state index contributed by atoms with van der Waals surface area (Å²) in [6.07, 6.45) is 0. The third-order valence-electron chi connectivity index (χ3n) is 3.01. The van der Waals surface area contributed by atoms with Crippen molar-refractivity contribution in [2.24, 2.45) is 0 Å². The van der Waals surface area contributed by atoms with E-state index in [0.717, 1.165) is 11.1 Å². The molecule has 2 aromatic rings. The first-order chi connectivity index (χ1) is 8.27. The van der Waals surface area contributed by atoms with Crippen molar-refractivity contribution in [3.63, 3.8) is 0 Å². The van der Waals surface area contributed by atoms with Crippen LogP contribution in [0.15, 0.2) is 48.5 Å². The average molecular weight is 307 g/mol. The zero-order valence-electron chi connectivity index (χ0n) is 9.56. The Balaban J connectivity index is 0.00000120. The molecule has 0 bridgehead atoms. The molecule has 0 fully saturated rings. The molecule has 1 aliphatic heterocycles. The van der Waals surface area contributed by atoms with E-state index in [1.807, 2.05) is 24.3 Å². The Bertz CT molecular complexity index is 598. The van der Waals surface area contributed by atoms with Crippen LogP contribution in [0, 0.1) is 11.2 Å². The lowest BCUT2D eigenvalue weighted by Crippen LogP contribution is -2.23. The number of amidine groups is 1. The zero-order valence-corrected chi connectivity index (χ0v) is 11.3. The molecule has 92 valence electrons. The second-order valence-corrected chi connectivity index (χ2v) is 4.04. The van der Waals surface area contributed by atoms with Gasteiger partial charge in [-0.3, -0.25) is 5.41 Å². The predicted octanol–water partition coefficient (Wildman–Crippen LogP) is 3.75. The summed E-state index contributed by atoms with van der Waals surface area (Å²) in [5, 5.41) is 8.08. The summed E-state index contributed by atoms with van der Waals surface area (Å²) < 4.78 is 13.7. The molecule has 0 amide bonds. The highest BCUT2D eigenvalue weighted by Crippen LogP contribution is 2.29. The summed E-state index contributed by atoms with van der Waals surface area (Å²) in [7, 11) is 0. The smallest absolute Gasteiger partial charge is 0.146 e. The minimum Gasteiger partial charge on any atom is -0.319 e. The van der Waals surface area contributed by atoms with Gasteiger partial charge in [-0.25, -0.2) is 4.39 Å². The third kappa shape index (κ3) is 1.93. The van der Waals surface area contributed by atoms with Crippen LogP contribution in [-0.2, 0) is 6.54 Å². The minimum atomic E-state index is -0.287. The number of rotatable bonds is 1. The molecule has 2 nitrogen and oxygen atoms in total. The molecule has 3 rings (SSSR count). The molecule has 0 aromatic heterocycles. The summed E-state index contributed by atoms with van der Waals surface area (Å²) >= 11 is 0. The Morgan fingerprint density at radius 2 is 1.67 bits per heavy atom. The first kappa shape index (κ1) is 12.8. The molecular weight excluding hydrogens is 295 g/mol. The van der Waals surface area contributed by atoms with Crippen LogP contribution >= 0.6 is 17.0 Å². The zero-order chi connectivity index (χ0) is 11.8. The van der Waals surface area contributed by atoms with Gasteiger partial charge in [0.25, 0.3) is 0 Å². The van der Waals surface area contributed by atoms with Crippen LogP contribution in [0.5, 0.6) is 0 Å². The summed E-state index contributed by atoms with van der Waals surface area (Å²) in [5.41, 5.74) is 2.42.